The van der Waals surface area contributed by atoms with E-state index in [2.05, 4.69) is 15.6 Å². The Hall–Kier alpha value is -3.98. The number of oxazole rings is 1. The van der Waals surface area contributed by atoms with Crippen molar-refractivity contribution >= 4 is 69.3 Å². The number of thiocarbonyl (C=S) groups is 1. The summed E-state index contributed by atoms with van der Waals surface area (Å²) in [6.45, 7) is 0. The van der Waals surface area contributed by atoms with Gasteiger partial charge in [-0.15, -0.1) is 0 Å². The van der Waals surface area contributed by atoms with E-state index in [1.54, 1.807) is 60.7 Å². The molecule has 0 atom stereocenters. The second kappa shape index (κ2) is 10.6. The molecule has 5 aromatic rings. The van der Waals surface area contributed by atoms with E-state index in [1.807, 2.05) is 0 Å². The van der Waals surface area contributed by atoms with Crippen LogP contribution in [0.5, 0.6) is 0 Å². The largest absolute Gasteiger partial charge is 0.457 e. The molecule has 0 unspecified atom stereocenters. The molecule has 0 aliphatic rings. The highest BCUT2D eigenvalue weighted by atomic mass is 35.5. The number of hydrogen-bond acceptors (Lipinski definition) is 5. The molecule has 0 fully saturated rings. The van der Waals surface area contributed by atoms with Gasteiger partial charge in [0, 0.05) is 32.9 Å². The summed E-state index contributed by atoms with van der Waals surface area (Å²) in [5.74, 6) is 0.497. The summed E-state index contributed by atoms with van der Waals surface area (Å²) in [7, 11) is 0. The molecule has 2 aromatic heterocycles. The van der Waals surface area contributed by atoms with Crippen LogP contribution in [0.3, 0.4) is 0 Å². The van der Waals surface area contributed by atoms with Crippen molar-refractivity contribution in [3.05, 3.63) is 100 Å². The van der Waals surface area contributed by atoms with Crippen LogP contribution in [-0.2, 0) is 4.79 Å². The van der Waals surface area contributed by atoms with Crippen molar-refractivity contribution in [2.75, 3.05) is 5.32 Å². The summed E-state index contributed by atoms with van der Waals surface area (Å²) in [6, 6.07) is 19.7. The molecule has 0 saturated carbocycles. The highest BCUT2D eigenvalue weighted by Gasteiger charge is 2.11. The maximum Gasteiger partial charge on any atom is 0.250 e. The molecule has 0 aliphatic carbocycles. The van der Waals surface area contributed by atoms with Crippen molar-refractivity contribution in [3.63, 3.8) is 0 Å². The van der Waals surface area contributed by atoms with Crippen LogP contribution in [0.4, 0.5) is 10.1 Å². The lowest BCUT2D eigenvalue weighted by atomic mass is 10.2. The van der Waals surface area contributed by atoms with Gasteiger partial charge in [-0.25, -0.2) is 9.37 Å². The molecule has 0 aliphatic heterocycles. The highest BCUT2D eigenvalue weighted by Crippen LogP contribution is 2.29. The Labute approximate surface area is 225 Å². The van der Waals surface area contributed by atoms with E-state index in [9.17, 15) is 9.18 Å². The van der Waals surface area contributed by atoms with E-state index in [0.717, 1.165) is 5.56 Å². The highest BCUT2D eigenvalue weighted by molar-refractivity contribution is 7.80. The Bertz CT molecular complexity index is 1660. The zero-order chi connectivity index (χ0) is 25.9. The molecular weight excluding hydrogens is 536 g/mol. The van der Waals surface area contributed by atoms with Gasteiger partial charge in [0.05, 0.1) is 0 Å². The molecule has 10 heteroatoms. The predicted molar refractivity (Wildman–Crippen MR) is 147 cm³/mol. The molecule has 0 spiro atoms. The Morgan fingerprint density at radius 3 is 2.54 bits per heavy atom. The number of benzene rings is 3. The Balaban J connectivity index is 1.21. The number of amides is 1. The van der Waals surface area contributed by atoms with Crippen LogP contribution >= 0.6 is 35.4 Å². The van der Waals surface area contributed by atoms with E-state index in [4.69, 9.17) is 44.3 Å². The minimum absolute atomic E-state index is 0.0940. The summed E-state index contributed by atoms with van der Waals surface area (Å²) in [4.78, 5) is 16.7. The molecule has 5 rings (SSSR count). The lowest BCUT2D eigenvalue weighted by molar-refractivity contribution is -0.115. The fourth-order valence-electron chi connectivity index (χ4n) is 3.52. The van der Waals surface area contributed by atoms with E-state index < -0.39 is 5.91 Å². The first-order valence-corrected chi connectivity index (χ1v) is 12.0. The summed E-state index contributed by atoms with van der Waals surface area (Å²) in [6.07, 6.45) is 2.82. The molecule has 2 N–H and O–H groups in total. The van der Waals surface area contributed by atoms with Gasteiger partial charge < -0.3 is 14.2 Å². The number of carbonyl (C=O) groups excluding carboxylic acids is 1. The van der Waals surface area contributed by atoms with Crippen molar-refractivity contribution in [1.82, 2.24) is 10.3 Å². The number of furan rings is 1. The molecule has 0 bridgehead atoms. The lowest BCUT2D eigenvalue weighted by Gasteiger charge is -2.07. The molecule has 0 radical (unpaired) electrons. The third kappa shape index (κ3) is 6.06. The number of halogens is 3. The first kappa shape index (κ1) is 24.7. The fraction of sp³-hybridized carbons (Fsp3) is 0. The second-order valence-corrected chi connectivity index (χ2v) is 9.13. The van der Waals surface area contributed by atoms with Gasteiger partial charge in [0.15, 0.2) is 10.7 Å². The first-order chi connectivity index (χ1) is 17.8. The Morgan fingerprint density at radius 2 is 1.76 bits per heavy atom. The van der Waals surface area contributed by atoms with E-state index in [-0.39, 0.29) is 10.9 Å². The van der Waals surface area contributed by atoms with Crippen molar-refractivity contribution in [2.45, 2.75) is 0 Å². The van der Waals surface area contributed by atoms with Crippen LogP contribution < -0.4 is 10.6 Å². The Kier molecular flexibility index (Phi) is 7.05. The van der Waals surface area contributed by atoms with Gasteiger partial charge in [-0.05, 0) is 85.0 Å². The maximum atomic E-state index is 13.5. The maximum absolute atomic E-state index is 13.5. The van der Waals surface area contributed by atoms with Crippen LogP contribution in [0, 0.1) is 5.82 Å². The van der Waals surface area contributed by atoms with E-state index >= 15 is 0 Å². The third-order valence-corrected chi connectivity index (χ3v) is 5.77. The summed E-state index contributed by atoms with van der Waals surface area (Å²) in [5, 5.41) is 6.58. The number of fused-ring (bicyclic) bond motifs is 1. The summed E-state index contributed by atoms with van der Waals surface area (Å²) < 4.78 is 25.0. The van der Waals surface area contributed by atoms with Gasteiger partial charge in [0.2, 0.25) is 11.8 Å². The minimum atomic E-state index is -0.447. The zero-order valence-corrected chi connectivity index (χ0v) is 21.1. The number of rotatable bonds is 5. The molecular formula is C27H16Cl2FN3O3S. The monoisotopic (exact) mass is 551 g/mol. The van der Waals surface area contributed by atoms with Crippen molar-refractivity contribution in [1.29, 1.82) is 0 Å². The lowest BCUT2D eigenvalue weighted by Crippen LogP contribution is -2.32. The topological polar surface area (TPSA) is 80.3 Å². The van der Waals surface area contributed by atoms with Gasteiger partial charge in [0.25, 0.3) is 0 Å². The van der Waals surface area contributed by atoms with Crippen molar-refractivity contribution in [2.24, 2.45) is 0 Å². The summed E-state index contributed by atoms with van der Waals surface area (Å²) >= 11 is 17.3. The normalized spacial score (nSPS) is 11.2. The first-order valence-electron chi connectivity index (χ1n) is 10.9. The predicted octanol–water partition coefficient (Wildman–Crippen LogP) is 7.73. The number of hydrogen-bond donors (Lipinski definition) is 2. The average molecular weight is 552 g/mol. The van der Waals surface area contributed by atoms with Gasteiger partial charge in [-0.3, -0.25) is 10.1 Å². The Morgan fingerprint density at radius 1 is 0.946 bits per heavy atom. The zero-order valence-electron chi connectivity index (χ0n) is 18.8. The number of nitrogens with one attached hydrogen (secondary N) is 2. The molecule has 6 nitrogen and oxygen atoms in total. The smallest absolute Gasteiger partial charge is 0.250 e. The number of anilines is 1. The SMILES string of the molecule is O=C(/C=C/c1ccc(-c2cc(Cl)cc(Cl)c2)o1)NC(=S)Nc1ccc2oc(-c3cccc(F)c3)nc2c1. The molecule has 3 aromatic carbocycles. The third-order valence-electron chi connectivity index (χ3n) is 5.13. The molecule has 2 heterocycles. The van der Waals surface area contributed by atoms with Gasteiger partial charge in [-0.1, -0.05) is 29.3 Å². The molecule has 184 valence electrons. The van der Waals surface area contributed by atoms with Gasteiger partial charge >= 0.3 is 0 Å². The molecule has 0 saturated heterocycles. The number of aromatic nitrogens is 1. The second-order valence-electron chi connectivity index (χ2n) is 7.85. The minimum Gasteiger partial charge on any atom is -0.457 e. The van der Waals surface area contributed by atoms with E-state index in [1.165, 1.54) is 24.3 Å². The van der Waals surface area contributed by atoms with Crippen LogP contribution in [-0.4, -0.2) is 16.0 Å². The van der Waals surface area contributed by atoms with Crippen LogP contribution in [0.15, 0.2) is 87.7 Å². The van der Waals surface area contributed by atoms with Gasteiger partial charge in [0.1, 0.15) is 22.9 Å². The standard InChI is InChI=1S/C27H16Cl2FN3O3S/c28-17-10-16(11-18(29)13-17)23-8-5-21(35-23)6-9-25(34)33-27(37)31-20-4-7-24-22(14-20)32-26(36-24)15-2-1-3-19(30)12-15/h1-14H,(H2,31,33,34,37)/b9-6+. The van der Waals surface area contributed by atoms with Gasteiger partial charge in [-0.2, -0.15) is 0 Å². The molecule has 1 amide bonds. The fourth-order valence-corrected chi connectivity index (χ4v) is 4.26. The van der Waals surface area contributed by atoms with Crippen molar-refractivity contribution in [3.8, 4) is 22.8 Å². The van der Waals surface area contributed by atoms with Crippen LogP contribution in [0.2, 0.25) is 10.0 Å². The average Bonchev–Trinajstić information content (AvgIpc) is 3.49. The molecule has 37 heavy (non-hydrogen) atoms. The van der Waals surface area contributed by atoms with Crippen LogP contribution in [0.25, 0.3) is 40.0 Å². The number of nitrogens with zero attached hydrogens (tertiary/aromatic N) is 1. The van der Waals surface area contributed by atoms with E-state index in [0.29, 0.717) is 49.8 Å². The van der Waals surface area contributed by atoms with Crippen molar-refractivity contribution < 1.29 is 18.0 Å². The van der Waals surface area contributed by atoms with Crippen LogP contribution in [0.1, 0.15) is 5.76 Å². The summed E-state index contributed by atoms with van der Waals surface area (Å²) in [5.41, 5.74) is 2.92. The quantitative estimate of drug-likeness (QED) is 0.172. The number of carbonyl (C=O) groups is 1.